The van der Waals surface area contributed by atoms with Crippen LogP contribution in [-0.4, -0.2) is 53.7 Å². The van der Waals surface area contributed by atoms with Crippen LogP contribution >= 0.6 is 0 Å². The Kier molecular flexibility index (Phi) is 4.83. The molecule has 1 atom stereocenters. The first-order valence-corrected chi connectivity index (χ1v) is 5.05. The number of hydrogen-bond donors (Lipinski definition) is 2. The molecule has 1 heterocycles. The van der Waals surface area contributed by atoms with E-state index in [0.717, 1.165) is 6.08 Å². The van der Waals surface area contributed by atoms with Gasteiger partial charge in [-0.3, -0.25) is 10.1 Å². The fourth-order valence-electron chi connectivity index (χ4n) is 1.28. The normalized spacial score (nSPS) is 19.3. The van der Waals surface area contributed by atoms with Gasteiger partial charge in [-0.2, -0.15) is 5.26 Å². The zero-order valence-corrected chi connectivity index (χ0v) is 9.33. The third-order valence-electron chi connectivity index (χ3n) is 2.11. The Hall–Kier alpha value is -2.40. The van der Waals surface area contributed by atoms with E-state index in [9.17, 15) is 14.4 Å². The summed E-state index contributed by atoms with van der Waals surface area (Å²) in [6.07, 6.45) is 0.650. The summed E-state index contributed by atoms with van der Waals surface area (Å²) in [5, 5.41) is 18.9. The highest BCUT2D eigenvalue weighted by atomic mass is 16.5. The number of amides is 3. The monoisotopic (exact) mass is 253 g/mol. The van der Waals surface area contributed by atoms with Crippen molar-refractivity contribution in [1.82, 2.24) is 10.2 Å². The highest BCUT2D eigenvalue weighted by Gasteiger charge is 2.24. The maximum Gasteiger partial charge on any atom is 0.328 e. The van der Waals surface area contributed by atoms with Gasteiger partial charge in [-0.15, -0.1) is 0 Å². The van der Waals surface area contributed by atoms with Crippen molar-refractivity contribution in [2.45, 2.75) is 6.10 Å². The molecule has 1 rings (SSSR count). The van der Waals surface area contributed by atoms with Gasteiger partial charge < -0.3 is 14.7 Å². The van der Waals surface area contributed by atoms with E-state index >= 15 is 0 Å². The van der Waals surface area contributed by atoms with Crippen molar-refractivity contribution in [3.8, 4) is 6.07 Å². The second-order valence-electron chi connectivity index (χ2n) is 3.40. The third-order valence-corrected chi connectivity index (χ3v) is 2.11. The molecule has 0 aromatic carbocycles. The number of aliphatic carboxylic acids is 1. The van der Waals surface area contributed by atoms with Crippen LogP contribution in [0.3, 0.4) is 0 Å². The summed E-state index contributed by atoms with van der Waals surface area (Å²) in [5.41, 5.74) is 0. The number of carbonyl (C=O) groups excluding carboxylic acids is 2. The number of imide groups is 1. The summed E-state index contributed by atoms with van der Waals surface area (Å²) >= 11 is 0. The molecule has 0 aromatic rings. The van der Waals surface area contributed by atoms with Crippen LogP contribution in [0.2, 0.25) is 0 Å². The minimum Gasteiger partial charge on any atom is -0.478 e. The van der Waals surface area contributed by atoms with Crippen molar-refractivity contribution in [2.24, 2.45) is 0 Å². The number of nitriles is 1. The molecule has 0 bridgehead atoms. The van der Waals surface area contributed by atoms with E-state index < -0.39 is 24.0 Å². The lowest BCUT2D eigenvalue weighted by molar-refractivity contribution is -0.131. The second kappa shape index (κ2) is 6.36. The van der Waals surface area contributed by atoms with Crippen molar-refractivity contribution < 1.29 is 24.2 Å². The molecular formula is C10H11N3O5. The van der Waals surface area contributed by atoms with E-state index in [4.69, 9.17) is 15.1 Å². The van der Waals surface area contributed by atoms with E-state index in [-0.39, 0.29) is 19.7 Å². The van der Waals surface area contributed by atoms with Gasteiger partial charge in [0.15, 0.2) is 6.10 Å². The van der Waals surface area contributed by atoms with Gasteiger partial charge in [-0.05, 0) is 0 Å². The number of morpholine rings is 1. The molecule has 2 N–H and O–H groups in total. The molecule has 0 radical (unpaired) electrons. The van der Waals surface area contributed by atoms with Gasteiger partial charge in [0, 0.05) is 18.7 Å². The molecule has 18 heavy (non-hydrogen) atoms. The van der Waals surface area contributed by atoms with Crippen LogP contribution < -0.4 is 5.32 Å². The molecule has 8 nitrogen and oxygen atoms in total. The maximum absolute atomic E-state index is 11.6. The van der Waals surface area contributed by atoms with Crippen molar-refractivity contribution >= 4 is 17.9 Å². The predicted octanol–water partition coefficient (Wildman–Crippen LogP) is -0.912. The van der Waals surface area contributed by atoms with Gasteiger partial charge in [0.25, 0.3) is 5.91 Å². The Morgan fingerprint density at radius 3 is 2.78 bits per heavy atom. The SMILES string of the molecule is N#CC1CN(C(=O)NC(=O)/C=C/C(=O)O)CCO1. The second-order valence-corrected chi connectivity index (χ2v) is 3.40. The van der Waals surface area contributed by atoms with Crippen molar-refractivity contribution in [1.29, 1.82) is 5.26 Å². The topological polar surface area (TPSA) is 120 Å². The number of urea groups is 1. The van der Waals surface area contributed by atoms with E-state index in [1.807, 2.05) is 11.4 Å². The Labute approximate surface area is 102 Å². The highest BCUT2D eigenvalue weighted by molar-refractivity contribution is 6.02. The Morgan fingerprint density at radius 1 is 1.44 bits per heavy atom. The Morgan fingerprint density at radius 2 is 2.17 bits per heavy atom. The molecular weight excluding hydrogens is 242 g/mol. The van der Waals surface area contributed by atoms with E-state index in [0.29, 0.717) is 6.08 Å². The van der Waals surface area contributed by atoms with Gasteiger partial charge in [0.05, 0.1) is 19.2 Å². The Bertz CT molecular complexity index is 426. The van der Waals surface area contributed by atoms with E-state index in [2.05, 4.69) is 0 Å². The van der Waals surface area contributed by atoms with Crippen molar-refractivity contribution in [3.05, 3.63) is 12.2 Å². The van der Waals surface area contributed by atoms with Crippen LogP contribution in [0.5, 0.6) is 0 Å². The standard InChI is InChI=1S/C10H11N3O5/c11-5-7-6-13(3-4-18-7)10(17)12-8(14)1-2-9(15)16/h1-2,7H,3-4,6H2,(H,15,16)(H,12,14,17)/b2-1+. The van der Waals surface area contributed by atoms with Gasteiger partial charge in [0.2, 0.25) is 0 Å². The van der Waals surface area contributed by atoms with Crippen LogP contribution in [0.4, 0.5) is 4.79 Å². The van der Waals surface area contributed by atoms with Crippen molar-refractivity contribution in [2.75, 3.05) is 19.7 Å². The number of ether oxygens (including phenoxy) is 1. The molecule has 1 unspecified atom stereocenters. The fourth-order valence-corrected chi connectivity index (χ4v) is 1.28. The molecule has 1 saturated heterocycles. The number of nitrogens with one attached hydrogen (secondary N) is 1. The molecule has 0 aromatic heterocycles. The summed E-state index contributed by atoms with van der Waals surface area (Å²) in [6.45, 7) is 0.545. The highest BCUT2D eigenvalue weighted by Crippen LogP contribution is 2.04. The van der Waals surface area contributed by atoms with Crippen LogP contribution in [0.15, 0.2) is 12.2 Å². The number of carbonyl (C=O) groups is 3. The van der Waals surface area contributed by atoms with Gasteiger partial charge >= 0.3 is 12.0 Å². The average Bonchev–Trinajstić information content (AvgIpc) is 2.36. The number of carboxylic acid groups (broad SMARTS) is 1. The van der Waals surface area contributed by atoms with E-state index in [1.165, 1.54) is 4.90 Å². The maximum atomic E-state index is 11.6. The van der Waals surface area contributed by atoms with Crippen LogP contribution in [0, 0.1) is 11.3 Å². The summed E-state index contributed by atoms with van der Waals surface area (Å²) in [6, 6.07) is 1.18. The summed E-state index contributed by atoms with van der Waals surface area (Å²) in [5.74, 6) is -2.11. The van der Waals surface area contributed by atoms with E-state index in [1.54, 1.807) is 0 Å². The van der Waals surface area contributed by atoms with Crippen LogP contribution in [0.1, 0.15) is 0 Å². The third kappa shape index (κ3) is 4.23. The molecule has 1 fully saturated rings. The minimum absolute atomic E-state index is 0.0677. The lowest BCUT2D eigenvalue weighted by Gasteiger charge is -2.29. The number of nitrogens with zero attached hydrogens (tertiary/aromatic N) is 2. The van der Waals surface area contributed by atoms with Crippen LogP contribution in [0.25, 0.3) is 0 Å². The van der Waals surface area contributed by atoms with Gasteiger partial charge in [0.1, 0.15) is 0 Å². The largest absolute Gasteiger partial charge is 0.478 e. The smallest absolute Gasteiger partial charge is 0.328 e. The number of carboxylic acids is 1. The number of hydrogen-bond acceptors (Lipinski definition) is 5. The first-order valence-electron chi connectivity index (χ1n) is 5.05. The number of rotatable bonds is 2. The fraction of sp³-hybridized carbons (Fsp3) is 0.400. The van der Waals surface area contributed by atoms with Gasteiger partial charge in [-0.25, -0.2) is 9.59 Å². The zero-order chi connectivity index (χ0) is 13.5. The summed E-state index contributed by atoms with van der Waals surface area (Å²) < 4.78 is 5.03. The molecule has 0 spiro atoms. The zero-order valence-electron chi connectivity index (χ0n) is 9.33. The Balaban J connectivity index is 2.48. The molecule has 3 amide bonds. The summed E-state index contributed by atoms with van der Waals surface area (Å²) in [7, 11) is 0. The van der Waals surface area contributed by atoms with Crippen molar-refractivity contribution in [3.63, 3.8) is 0 Å². The predicted molar refractivity (Wildman–Crippen MR) is 57.2 cm³/mol. The molecule has 1 aliphatic rings. The quantitative estimate of drug-likeness (QED) is 0.614. The van der Waals surface area contributed by atoms with Crippen LogP contribution in [-0.2, 0) is 14.3 Å². The average molecular weight is 253 g/mol. The first-order chi connectivity index (χ1) is 8.52. The summed E-state index contributed by atoms with van der Waals surface area (Å²) in [4.78, 5) is 34.1. The van der Waals surface area contributed by atoms with Gasteiger partial charge in [-0.1, -0.05) is 0 Å². The lowest BCUT2D eigenvalue weighted by atomic mass is 10.3. The molecule has 96 valence electrons. The molecule has 8 heteroatoms. The minimum atomic E-state index is -1.28. The molecule has 0 saturated carbocycles. The molecule has 0 aliphatic carbocycles. The lowest BCUT2D eigenvalue weighted by Crippen LogP contribution is -2.50. The first kappa shape index (κ1) is 13.7. The molecule has 1 aliphatic heterocycles.